The van der Waals surface area contributed by atoms with Crippen LogP contribution in [0.5, 0.6) is 0 Å². The van der Waals surface area contributed by atoms with Crippen molar-refractivity contribution in [2.45, 2.75) is 70.8 Å². The van der Waals surface area contributed by atoms with Crippen molar-refractivity contribution >= 4 is 17.8 Å². The van der Waals surface area contributed by atoms with Crippen LogP contribution in [0.4, 0.5) is 0 Å². The molecule has 0 aromatic carbocycles. The predicted molar refractivity (Wildman–Crippen MR) is 90.4 cm³/mol. The number of rotatable bonds is 7. The Morgan fingerprint density at radius 3 is 2.17 bits per heavy atom. The number of carbonyl (C=O) groups is 3. The van der Waals surface area contributed by atoms with E-state index in [1.54, 1.807) is 0 Å². The van der Waals surface area contributed by atoms with E-state index in [4.69, 9.17) is 5.11 Å². The second kappa shape index (κ2) is 9.04. The van der Waals surface area contributed by atoms with Gasteiger partial charge in [0.25, 0.3) is 0 Å². The molecule has 6 nitrogen and oxygen atoms in total. The lowest BCUT2D eigenvalue weighted by molar-refractivity contribution is -0.147. The van der Waals surface area contributed by atoms with Crippen LogP contribution in [0.25, 0.3) is 0 Å². The minimum Gasteiger partial charge on any atom is -0.480 e. The van der Waals surface area contributed by atoms with E-state index < -0.39 is 5.97 Å². The zero-order valence-electron chi connectivity index (χ0n) is 14.6. The van der Waals surface area contributed by atoms with E-state index >= 15 is 0 Å². The molecule has 0 bridgehead atoms. The van der Waals surface area contributed by atoms with Crippen molar-refractivity contribution in [3.05, 3.63) is 0 Å². The maximum Gasteiger partial charge on any atom is 0.323 e. The molecule has 2 amide bonds. The SMILES string of the molecule is CCCN(CC(=O)O)C(=O)C1CCC(NC(=O)C2CCCC2)CC1. The third-order valence-corrected chi connectivity index (χ3v) is 5.28. The van der Waals surface area contributed by atoms with Gasteiger partial charge in [0.15, 0.2) is 0 Å². The van der Waals surface area contributed by atoms with Crippen molar-refractivity contribution in [3.8, 4) is 0 Å². The molecule has 0 heterocycles. The molecule has 6 heteroatoms. The molecule has 0 aliphatic heterocycles. The Bertz CT molecular complexity index is 452. The number of hydrogen-bond donors (Lipinski definition) is 2. The van der Waals surface area contributed by atoms with Crippen LogP contribution in [0.2, 0.25) is 0 Å². The Kier molecular flexibility index (Phi) is 7.06. The van der Waals surface area contributed by atoms with Gasteiger partial charge in [0, 0.05) is 24.4 Å². The molecular weight excluding hydrogens is 308 g/mol. The number of nitrogens with one attached hydrogen (secondary N) is 1. The first kappa shape index (κ1) is 18.7. The normalized spacial score (nSPS) is 24.5. The Balaban J connectivity index is 1.79. The average molecular weight is 338 g/mol. The third-order valence-electron chi connectivity index (χ3n) is 5.28. The smallest absolute Gasteiger partial charge is 0.323 e. The van der Waals surface area contributed by atoms with E-state index in [9.17, 15) is 14.4 Å². The fourth-order valence-corrected chi connectivity index (χ4v) is 3.95. The highest BCUT2D eigenvalue weighted by Gasteiger charge is 2.32. The fourth-order valence-electron chi connectivity index (χ4n) is 3.95. The van der Waals surface area contributed by atoms with E-state index in [0.29, 0.717) is 6.54 Å². The zero-order chi connectivity index (χ0) is 17.5. The molecule has 2 aliphatic carbocycles. The largest absolute Gasteiger partial charge is 0.480 e. The maximum atomic E-state index is 12.5. The van der Waals surface area contributed by atoms with Crippen molar-refractivity contribution in [3.63, 3.8) is 0 Å². The molecular formula is C18H30N2O4. The fraction of sp³-hybridized carbons (Fsp3) is 0.833. The van der Waals surface area contributed by atoms with Crippen LogP contribution in [-0.2, 0) is 14.4 Å². The zero-order valence-corrected chi connectivity index (χ0v) is 14.6. The van der Waals surface area contributed by atoms with E-state index in [-0.39, 0.29) is 36.2 Å². The molecule has 24 heavy (non-hydrogen) atoms. The van der Waals surface area contributed by atoms with Crippen LogP contribution in [0.1, 0.15) is 64.7 Å². The second-order valence-electron chi connectivity index (χ2n) is 7.19. The summed E-state index contributed by atoms with van der Waals surface area (Å²) in [4.78, 5) is 37.1. The molecule has 0 saturated heterocycles. The second-order valence-corrected chi connectivity index (χ2v) is 7.19. The van der Waals surface area contributed by atoms with E-state index in [1.165, 1.54) is 4.90 Å². The van der Waals surface area contributed by atoms with Gasteiger partial charge in [0.2, 0.25) is 11.8 Å². The molecule has 2 N–H and O–H groups in total. The van der Waals surface area contributed by atoms with E-state index in [0.717, 1.165) is 57.8 Å². The van der Waals surface area contributed by atoms with Gasteiger partial charge in [-0.2, -0.15) is 0 Å². The van der Waals surface area contributed by atoms with Crippen LogP contribution >= 0.6 is 0 Å². The molecule has 2 rings (SSSR count). The summed E-state index contributed by atoms with van der Waals surface area (Å²) >= 11 is 0. The molecule has 2 fully saturated rings. The standard InChI is InChI=1S/C18H30N2O4/c1-2-11-20(12-16(21)22)18(24)14-7-9-15(10-8-14)19-17(23)13-5-3-4-6-13/h13-15H,2-12H2,1H3,(H,19,23)(H,21,22). The Morgan fingerprint density at radius 2 is 1.62 bits per heavy atom. The maximum absolute atomic E-state index is 12.5. The van der Waals surface area contributed by atoms with Gasteiger partial charge >= 0.3 is 5.97 Å². The lowest BCUT2D eigenvalue weighted by atomic mass is 9.84. The summed E-state index contributed by atoms with van der Waals surface area (Å²) in [6.45, 7) is 2.21. The lowest BCUT2D eigenvalue weighted by Crippen LogP contribution is -2.44. The van der Waals surface area contributed by atoms with Crippen LogP contribution < -0.4 is 5.32 Å². The van der Waals surface area contributed by atoms with Gasteiger partial charge in [-0.3, -0.25) is 14.4 Å². The molecule has 0 aromatic heterocycles. The van der Waals surface area contributed by atoms with Crippen LogP contribution in [0.3, 0.4) is 0 Å². The van der Waals surface area contributed by atoms with Crippen molar-refractivity contribution < 1.29 is 19.5 Å². The molecule has 0 atom stereocenters. The van der Waals surface area contributed by atoms with E-state index in [1.807, 2.05) is 6.92 Å². The summed E-state index contributed by atoms with van der Waals surface area (Å²) in [6.07, 6.45) is 8.13. The number of aliphatic carboxylic acids is 1. The number of carbonyl (C=O) groups excluding carboxylic acids is 2. The van der Waals surface area contributed by atoms with Crippen molar-refractivity contribution in [2.75, 3.05) is 13.1 Å². The minimum absolute atomic E-state index is 0.0418. The van der Waals surface area contributed by atoms with Crippen molar-refractivity contribution in [1.82, 2.24) is 10.2 Å². The number of nitrogens with zero attached hydrogens (tertiary/aromatic N) is 1. The van der Waals surface area contributed by atoms with Gasteiger partial charge in [-0.15, -0.1) is 0 Å². The Labute approximate surface area is 144 Å². The van der Waals surface area contributed by atoms with Crippen LogP contribution in [-0.4, -0.2) is 46.9 Å². The monoisotopic (exact) mass is 338 g/mol. The molecule has 0 unspecified atom stereocenters. The highest BCUT2D eigenvalue weighted by molar-refractivity contribution is 5.83. The first-order valence-electron chi connectivity index (χ1n) is 9.32. The number of amides is 2. The van der Waals surface area contributed by atoms with Crippen LogP contribution in [0.15, 0.2) is 0 Å². The molecule has 0 aromatic rings. The number of carboxylic acid groups (broad SMARTS) is 1. The van der Waals surface area contributed by atoms with Gasteiger partial charge in [-0.05, 0) is 44.9 Å². The van der Waals surface area contributed by atoms with Crippen LogP contribution in [0, 0.1) is 11.8 Å². The first-order chi connectivity index (χ1) is 11.5. The lowest BCUT2D eigenvalue weighted by Gasteiger charge is -2.32. The molecule has 136 valence electrons. The molecule has 2 aliphatic rings. The summed E-state index contributed by atoms with van der Waals surface area (Å²) in [5, 5.41) is 12.1. The number of carboxylic acids is 1. The summed E-state index contributed by atoms with van der Waals surface area (Å²) in [5.41, 5.74) is 0. The summed E-state index contributed by atoms with van der Waals surface area (Å²) in [7, 11) is 0. The Morgan fingerprint density at radius 1 is 1.00 bits per heavy atom. The molecule has 0 spiro atoms. The van der Waals surface area contributed by atoms with Gasteiger partial charge in [0.1, 0.15) is 6.54 Å². The highest BCUT2D eigenvalue weighted by atomic mass is 16.4. The third kappa shape index (κ3) is 5.21. The van der Waals surface area contributed by atoms with Gasteiger partial charge in [-0.25, -0.2) is 0 Å². The first-order valence-corrected chi connectivity index (χ1v) is 9.32. The topological polar surface area (TPSA) is 86.7 Å². The van der Waals surface area contributed by atoms with Gasteiger partial charge < -0.3 is 15.3 Å². The molecule has 2 saturated carbocycles. The number of hydrogen-bond acceptors (Lipinski definition) is 3. The van der Waals surface area contributed by atoms with Gasteiger partial charge in [-0.1, -0.05) is 19.8 Å². The van der Waals surface area contributed by atoms with Crippen molar-refractivity contribution in [2.24, 2.45) is 11.8 Å². The van der Waals surface area contributed by atoms with Gasteiger partial charge in [0.05, 0.1) is 0 Å². The van der Waals surface area contributed by atoms with E-state index in [2.05, 4.69) is 5.32 Å². The predicted octanol–water partition coefficient (Wildman–Crippen LogP) is 2.17. The average Bonchev–Trinajstić information content (AvgIpc) is 3.09. The quantitative estimate of drug-likeness (QED) is 0.745. The summed E-state index contributed by atoms with van der Waals surface area (Å²) in [5.74, 6) is -0.745. The highest BCUT2D eigenvalue weighted by Crippen LogP contribution is 2.28. The minimum atomic E-state index is -0.964. The summed E-state index contributed by atoms with van der Waals surface area (Å²) in [6, 6.07) is 0.168. The van der Waals surface area contributed by atoms with Crippen molar-refractivity contribution in [1.29, 1.82) is 0 Å². The molecule has 0 radical (unpaired) electrons. The Hall–Kier alpha value is -1.59. The summed E-state index contributed by atoms with van der Waals surface area (Å²) < 4.78 is 0.